The van der Waals surface area contributed by atoms with Crippen LogP contribution in [0.1, 0.15) is 32.6 Å². The maximum atomic E-state index is 12.7. The molecule has 0 N–H and O–H groups in total. The van der Waals surface area contributed by atoms with Crippen molar-refractivity contribution >= 4 is 21.9 Å². The molecule has 110 valence electrons. The highest BCUT2D eigenvalue weighted by Gasteiger charge is 2.13. The van der Waals surface area contributed by atoms with E-state index in [2.05, 4.69) is 18.0 Å². The van der Waals surface area contributed by atoms with E-state index in [1.165, 1.54) is 12.8 Å². The van der Waals surface area contributed by atoms with Crippen molar-refractivity contribution in [2.75, 3.05) is 0 Å². The second-order valence-corrected chi connectivity index (χ2v) is 5.59. The molecule has 1 aromatic carbocycles. The zero-order valence-electron chi connectivity index (χ0n) is 12.7. The Bertz CT molecular complexity index is 829. The van der Waals surface area contributed by atoms with Crippen molar-refractivity contribution in [3.63, 3.8) is 0 Å². The van der Waals surface area contributed by atoms with Crippen molar-refractivity contribution in [3.8, 4) is 0 Å². The van der Waals surface area contributed by atoms with Crippen LogP contribution in [0.15, 0.2) is 35.4 Å². The molecule has 0 aliphatic rings. The molecule has 0 fully saturated rings. The average Bonchev–Trinajstić information content (AvgIpc) is 2.89. The van der Waals surface area contributed by atoms with Gasteiger partial charge in [0, 0.05) is 19.0 Å². The van der Waals surface area contributed by atoms with Gasteiger partial charge in [0.05, 0.1) is 17.4 Å². The van der Waals surface area contributed by atoms with Crippen molar-refractivity contribution in [2.24, 2.45) is 7.05 Å². The number of aromatic nitrogens is 3. The van der Waals surface area contributed by atoms with Crippen LogP contribution in [-0.2, 0) is 13.6 Å². The molecule has 0 aliphatic carbocycles. The second kappa shape index (κ2) is 5.72. The quantitative estimate of drug-likeness (QED) is 0.673. The predicted octanol–water partition coefficient (Wildman–Crippen LogP) is 3.47. The van der Waals surface area contributed by atoms with E-state index in [0.717, 1.165) is 35.8 Å². The Labute approximate surface area is 124 Å². The zero-order chi connectivity index (χ0) is 14.8. The Hall–Kier alpha value is -2.10. The molecule has 3 rings (SSSR count). The van der Waals surface area contributed by atoms with Gasteiger partial charge in [-0.2, -0.15) is 0 Å². The summed E-state index contributed by atoms with van der Waals surface area (Å²) in [6.07, 6.45) is 6.35. The van der Waals surface area contributed by atoms with E-state index in [1.807, 2.05) is 34.4 Å². The fraction of sp³-hybridized carbons (Fsp3) is 0.412. The predicted molar refractivity (Wildman–Crippen MR) is 86.6 cm³/mol. The van der Waals surface area contributed by atoms with Gasteiger partial charge in [-0.05, 0) is 12.5 Å². The van der Waals surface area contributed by atoms with Crippen LogP contribution in [0.25, 0.3) is 21.9 Å². The summed E-state index contributed by atoms with van der Waals surface area (Å²) in [6.45, 7) is 2.97. The third-order valence-electron chi connectivity index (χ3n) is 4.07. The highest BCUT2D eigenvalue weighted by Crippen LogP contribution is 2.21. The Morgan fingerprint density at radius 3 is 2.76 bits per heavy atom. The topological polar surface area (TPSA) is 39.8 Å². The molecule has 0 saturated heterocycles. The first-order valence-electron chi connectivity index (χ1n) is 7.66. The number of hydrogen-bond acceptors (Lipinski definition) is 2. The number of fused-ring (bicyclic) bond motifs is 3. The van der Waals surface area contributed by atoms with Gasteiger partial charge >= 0.3 is 0 Å². The number of imidazole rings is 1. The largest absolute Gasteiger partial charge is 0.333 e. The molecule has 4 nitrogen and oxygen atoms in total. The average molecular weight is 283 g/mol. The lowest BCUT2D eigenvalue weighted by atomic mass is 10.1. The minimum atomic E-state index is 0.0285. The van der Waals surface area contributed by atoms with Crippen molar-refractivity contribution < 1.29 is 0 Å². The zero-order valence-corrected chi connectivity index (χ0v) is 12.7. The highest BCUT2D eigenvalue weighted by molar-refractivity contribution is 6.02. The Morgan fingerprint density at radius 1 is 1.14 bits per heavy atom. The smallest absolute Gasteiger partial charge is 0.279 e. The molecule has 0 unspecified atom stereocenters. The molecule has 0 atom stereocenters. The van der Waals surface area contributed by atoms with Gasteiger partial charge < -0.3 is 9.13 Å². The van der Waals surface area contributed by atoms with Gasteiger partial charge in [0.2, 0.25) is 0 Å². The minimum absolute atomic E-state index is 0.0285. The minimum Gasteiger partial charge on any atom is -0.333 e. The second-order valence-electron chi connectivity index (χ2n) is 5.59. The summed E-state index contributed by atoms with van der Waals surface area (Å²) >= 11 is 0. The Balaban J connectivity index is 2.17. The summed E-state index contributed by atoms with van der Waals surface area (Å²) in [7, 11) is 1.94. The monoisotopic (exact) mass is 283 g/mol. The van der Waals surface area contributed by atoms with E-state index in [0.29, 0.717) is 5.52 Å². The van der Waals surface area contributed by atoms with Crippen molar-refractivity contribution in [1.82, 2.24) is 14.1 Å². The van der Waals surface area contributed by atoms with E-state index in [9.17, 15) is 4.79 Å². The molecule has 21 heavy (non-hydrogen) atoms. The molecule has 0 bridgehead atoms. The summed E-state index contributed by atoms with van der Waals surface area (Å²) in [5.74, 6) is 0. The van der Waals surface area contributed by atoms with Gasteiger partial charge in [-0.15, -0.1) is 0 Å². The third kappa shape index (κ3) is 2.35. The number of rotatable bonds is 5. The normalized spacial score (nSPS) is 11.5. The van der Waals surface area contributed by atoms with E-state index < -0.39 is 0 Å². The summed E-state index contributed by atoms with van der Waals surface area (Å²) in [5, 5.41) is 1.10. The molecule has 0 aliphatic heterocycles. The van der Waals surface area contributed by atoms with Crippen LogP contribution in [-0.4, -0.2) is 14.1 Å². The summed E-state index contributed by atoms with van der Waals surface area (Å²) in [5.41, 5.74) is 2.54. The molecule has 0 radical (unpaired) electrons. The van der Waals surface area contributed by atoms with Gasteiger partial charge in [-0.1, -0.05) is 44.4 Å². The molecule has 0 saturated carbocycles. The van der Waals surface area contributed by atoms with Gasteiger partial charge in [0.1, 0.15) is 0 Å². The van der Waals surface area contributed by atoms with Crippen molar-refractivity contribution in [1.29, 1.82) is 0 Å². The molecule has 2 aromatic heterocycles. The molecule has 4 heteroatoms. The number of aryl methyl sites for hydroxylation is 2. The number of hydrogen-bond donors (Lipinski definition) is 0. The molecular formula is C17H21N3O. The lowest BCUT2D eigenvalue weighted by Gasteiger charge is -2.11. The molecule has 0 spiro atoms. The van der Waals surface area contributed by atoms with Crippen molar-refractivity contribution in [3.05, 3.63) is 40.9 Å². The highest BCUT2D eigenvalue weighted by atomic mass is 16.1. The van der Waals surface area contributed by atoms with E-state index >= 15 is 0 Å². The van der Waals surface area contributed by atoms with Crippen LogP contribution in [0.2, 0.25) is 0 Å². The van der Waals surface area contributed by atoms with Crippen LogP contribution in [0.3, 0.4) is 0 Å². The summed E-state index contributed by atoms with van der Waals surface area (Å²) < 4.78 is 3.82. The maximum absolute atomic E-state index is 12.7. The standard InChI is InChI=1S/C17H21N3O/c1-3-4-5-8-11-20-14-10-7-6-9-13(14)16-15(17(20)21)18-12-19(16)2/h6-7,9-10,12H,3-5,8,11H2,1-2H3. The first-order valence-corrected chi connectivity index (χ1v) is 7.66. The van der Waals surface area contributed by atoms with E-state index in [1.54, 1.807) is 6.33 Å². The molecular weight excluding hydrogens is 262 g/mol. The lowest BCUT2D eigenvalue weighted by molar-refractivity contribution is 0.584. The molecule has 2 heterocycles. The van der Waals surface area contributed by atoms with E-state index in [-0.39, 0.29) is 5.56 Å². The number of nitrogens with zero attached hydrogens (tertiary/aromatic N) is 3. The van der Waals surface area contributed by atoms with Crippen LogP contribution in [0.5, 0.6) is 0 Å². The molecule has 3 aromatic rings. The fourth-order valence-electron chi connectivity index (χ4n) is 2.97. The fourth-order valence-corrected chi connectivity index (χ4v) is 2.97. The van der Waals surface area contributed by atoms with Crippen molar-refractivity contribution in [2.45, 2.75) is 39.2 Å². The Morgan fingerprint density at radius 2 is 1.95 bits per heavy atom. The summed E-state index contributed by atoms with van der Waals surface area (Å²) in [4.78, 5) is 17.0. The van der Waals surface area contributed by atoms with Crippen LogP contribution in [0, 0.1) is 0 Å². The first kappa shape index (κ1) is 13.9. The SMILES string of the molecule is CCCCCCn1c(=O)c2ncn(C)c2c2ccccc21. The molecule has 0 amide bonds. The summed E-state index contributed by atoms with van der Waals surface area (Å²) in [6, 6.07) is 8.11. The van der Waals surface area contributed by atoms with Crippen LogP contribution >= 0.6 is 0 Å². The number of unbranched alkanes of at least 4 members (excludes halogenated alkanes) is 3. The number of benzene rings is 1. The van der Waals surface area contributed by atoms with Crippen LogP contribution < -0.4 is 5.56 Å². The van der Waals surface area contributed by atoms with Gasteiger partial charge in [-0.25, -0.2) is 4.98 Å². The third-order valence-corrected chi connectivity index (χ3v) is 4.07. The van der Waals surface area contributed by atoms with Crippen LogP contribution in [0.4, 0.5) is 0 Å². The van der Waals surface area contributed by atoms with E-state index in [4.69, 9.17) is 0 Å². The number of para-hydroxylation sites is 1. The Kier molecular flexibility index (Phi) is 3.78. The lowest BCUT2D eigenvalue weighted by Crippen LogP contribution is -2.21. The van der Waals surface area contributed by atoms with Gasteiger partial charge in [0.25, 0.3) is 5.56 Å². The first-order chi connectivity index (χ1) is 10.2. The number of pyridine rings is 1. The maximum Gasteiger partial charge on any atom is 0.279 e. The van der Waals surface area contributed by atoms with Gasteiger partial charge in [0.15, 0.2) is 5.52 Å². The van der Waals surface area contributed by atoms with Gasteiger partial charge in [-0.3, -0.25) is 4.79 Å².